The third kappa shape index (κ3) is 5.76. The van der Waals surface area contributed by atoms with E-state index in [0.29, 0.717) is 23.4 Å². The van der Waals surface area contributed by atoms with Gasteiger partial charge in [-0.2, -0.15) is 17.0 Å². The molecule has 106 valence electrons. The van der Waals surface area contributed by atoms with Crippen molar-refractivity contribution in [3.05, 3.63) is 29.8 Å². The van der Waals surface area contributed by atoms with Gasteiger partial charge in [0.25, 0.3) is 0 Å². The minimum atomic E-state index is -0.407. The summed E-state index contributed by atoms with van der Waals surface area (Å²) in [5.74, 6) is 0.639. The van der Waals surface area contributed by atoms with Gasteiger partial charge >= 0.3 is 5.97 Å². The number of carbonyl (C=O) groups excluding carboxylic acids is 2. The zero-order chi connectivity index (χ0) is 14.8. The summed E-state index contributed by atoms with van der Waals surface area (Å²) in [5, 5.41) is 11.1. The molecule has 0 aliphatic carbocycles. The molecule has 0 aromatic heterocycles. The van der Waals surface area contributed by atoms with Crippen LogP contribution in [0.4, 0.5) is 5.69 Å². The number of nitrogens with one attached hydrogen (secondary N) is 1. The average molecular weight is 292 g/mol. The molecule has 0 heterocycles. The molecule has 0 aliphatic heterocycles. The van der Waals surface area contributed by atoms with Crippen LogP contribution in [0.15, 0.2) is 24.3 Å². The van der Waals surface area contributed by atoms with Crippen LogP contribution < -0.4 is 5.32 Å². The fourth-order valence-corrected chi connectivity index (χ4v) is 2.17. The predicted molar refractivity (Wildman–Crippen MR) is 78.6 cm³/mol. The van der Waals surface area contributed by atoms with Crippen molar-refractivity contribution in [2.45, 2.75) is 12.8 Å². The largest absolute Gasteiger partial charge is 0.465 e. The second-order valence-corrected chi connectivity index (χ2v) is 5.04. The number of carbonyl (C=O) groups is 2. The SMILES string of the molecule is COC(=O)c1ccc(NC(=O)CSCCCC#N)cc1. The summed E-state index contributed by atoms with van der Waals surface area (Å²) in [5.41, 5.74) is 1.08. The van der Waals surface area contributed by atoms with E-state index in [1.807, 2.05) is 0 Å². The van der Waals surface area contributed by atoms with Crippen LogP contribution >= 0.6 is 11.8 Å². The molecule has 1 aromatic rings. The van der Waals surface area contributed by atoms with Gasteiger partial charge in [-0.25, -0.2) is 4.79 Å². The summed E-state index contributed by atoms with van der Waals surface area (Å²) in [7, 11) is 1.32. The molecule has 0 aliphatic rings. The molecule has 6 heteroatoms. The molecular formula is C14H16N2O3S. The Labute approximate surface area is 122 Å². The van der Waals surface area contributed by atoms with Crippen LogP contribution in [0.5, 0.6) is 0 Å². The van der Waals surface area contributed by atoms with Crippen molar-refractivity contribution in [2.24, 2.45) is 0 Å². The minimum absolute atomic E-state index is 0.0993. The summed E-state index contributed by atoms with van der Waals surface area (Å²) < 4.78 is 4.59. The maximum Gasteiger partial charge on any atom is 0.337 e. The topological polar surface area (TPSA) is 79.2 Å². The Balaban J connectivity index is 2.35. The van der Waals surface area contributed by atoms with E-state index in [9.17, 15) is 9.59 Å². The predicted octanol–water partition coefficient (Wildman–Crippen LogP) is 2.45. The second kappa shape index (κ2) is 8.99. The smallest absolute Gasteiger partial charge is 0.337 e. The lowest BCUT2D eigenvalue weighted by molar-refractivity contribution is -0.113. The van der Waals surface area contributed by atoms with Crippen molar-refractivity contribution in [2.75, 3.05) is 23.9 Å². The number of rotatable bonds is 7. The van der Waals surface area contributed by atoms with Gasteiger partial charge in [0.15, 0.2) is 0 Å². The Morgan fingerprint density at radius 3 is 2.65 bits per heavy atom. The van der Waals surface area contributed by atoms with Crippen LogP contribution in [-0.4, -0.2) is 30.5 Å². The average Bonchev–Trinajstić information content (AvgIpc) is 2.47. The highest BCUT2D eigenvalue weighted by atomic mass is 32.2. The Hall–Kier alpha value is -2.00. The molecule has 1 amide bonds. The van der Waals surface area contributed by atoms with Crippen LogP contribution in [0.1, 0.15) is 23.2 Å². The van der Waals surface area contributed by atoms with E-state index in [1.54, 1.807) is 24.3 Å². The van der Waals surface area contributed by atoms with Crippen LogP contribution in [0.2, 0.25) is 0 Å². The first-order valence-corrected chi connectivity index (χ1v) is 7.25. The first-order valence-electron chi connectivity index (χ1n) is 6.10. The Kier molecular flexibility index (Phi) is 7.22. The molecule has 0 radical (unpaired) electrons. The van der Waals surface area contributed by atoms with E-state index >= 15 is 0 Å². The Morgan fingerprint density at radius 1 is 1.35 bits per heavy atom. The van der Waals surface area contributed by atoms with E-state index in [4.69, 9.17) is 5.26 Å². The molecule has 0 bridgehead atoms. The normalized spacial score (nSPS) is 9.60. The van der Waals surface area contributed by atoms with Crippen LogP contribution in [-0.2, 0) is 9.53 Å². The minimum Gasteiger partial charge on any atom is -0.465 e. The van der Waals surface area contributed by atoms with Gasteiger partial charge in [0.05, 0.1) is 24.5 Å². The lowest BCUT2D eigenvalue weighted by Crippen LogP contribution is -2.14. The van der Waals surface area contributed by atoms with Gasteiger partial charge in [0, 0.05) is 12.1 Å². The molecule has 5 nitrogen and oxygen atoms in total. The number of amides is 1. The van der Waals surface area contributed by atoms with Crippen molar-refractivity contribution >= 4 is 29.3 Å². The fraction of sp³-hybridized carbons (Fsp3) is 0.357. The molecule has 1 aromatic carbocycles. The van der Waals surface area contributed by atoms with Gasteiger partial charge in [0.1, 0.15) is 0 Å². The van der Waals surface area contributed by atoms with Crippen LogP contribution in [0.3, 0.4) is 0 Å². The van der Waals surface area contributed by atoms with Crippen molar-refractivity contribution in [3.63, 3.8) is 0 Å². The number of methoxy groups -OCH3 is 1. The molecule has 0 spiro atoms. The highest BCUT2D eigenvalue weighted by Gasteiger charge is 2.06. The van der Waals surface area contributed by atoms with Crippen molar-refractivity contribution < 1.29 is 14.3 Å². The lowest BCUT2D eigenvalue weighted by Gasteiger charge is -2.05. The van der Waals surface area contributed by atoms with E-state index in [2.05, 4.69) is 16.1 Å². The van der Waals surface area contributed by atoms with Gasteiger partial charge in [-0.1, -0.05) is 0 Å². The quantitative estimate of drug-likeness (QED) is 0.617. The number of nitrogens with zero attached hydrogens (tertiary/aromatic N) is 1. The standard InChI is InChI=1S/C14H16N2O3S/c1-19-14(18)11-4-6-12(7-5-11)16-13(17)10-20-9-3-2-8-15/h4-7H,2-3,9-10H2,1H3,(H,16,17). The molecule has 0 unspecified atom stereocenters. The van der Waals surface area contributed by atoms with Crippen LogP contribution in [0, 0.1) is 11.3 Å². The number of unbranched alkanes of at least 4 members (excludes halogenated alkanes) is 1. The van der Waals surface area contributed by atoms with Crippen molar-refractivity contribution in [1.82, 2.24) is 0 Å². The van der Waals surface area contributed by atoms with Gasteiger partial charge in [-0.3, -0.25) is 4.79 Å². The van der Waals surface area contributed by atoms with E-state index in [0.717, 1.165) is 12.2 Å². The zero-order valence-corrected chi connectivity index (χ0v) is 12.0. The van der Waals surface area contributed by atoms with Gasteiger partial charge in [-0.05, 0) is 36.4 Å². The maximum absolute atomic E-state index is 11.6. The summed E-state index contributed by atoms with van der Waals surface area (Å²) in [4.78, 5) is 22.9. The van der Waals surface area contributed by atoms with Crippen molar-refractivity contribution in [1.29, 1.82) is 5.26 Å². The van der Waals surface area contributed by atoms with E-state index in [-0.39, 0.29) is 5.91 Å². The number of ether oxygens (including phenoxy) is 1. The third-order valence-electron chi connectivity index (χ3n) is 2.40. The highest BCUT2D eigenvalue weighted by molar-refractivity contribution is 7.99. The van der Waals surface area contributed by atoms with Gasteiger partial charge < -0.3 is 10.1 Å². The van der Waals surface area contributed by atoms with Crippen molar-refractivity contribution in [3.8, 4) is 6.07 Å². The first-order chi connectivity index (χ1) is 9.67. The number of benzene rings is 1. The number of hydrogen-bond acceptors (Lipinski definition) is 5. The van der Waals surface area contributed by atoms with Gasteiger partial charge in [-0.15, -0.1) is 0 Å². The molecule has 0 saturated heterocycles. The molecule has 1 rings (SSSR count). The maximum atomic E-state index is 11.6. The molecule has 0 fully saturated rings. The monoisotopic (exact) mass is 292 g/mol. The summed E-state index contributed by atoms with van der Waals surface area (Å²) in [6, 6.07) is 8.58. The molecular weight excluding hydrogens is 276 g/mol. The fourth-order valence-electron chi connectivity index (χ4n) is 1.42. The summed E-state index contributed by atoms with van der Waals surface area (Å²) in [6.45, 7) is 0. The molecule has 0 atom stereocenters. The number of nitriles is 1. The number of esters is 1. The molecule has 0 saturated carbocycles. The first kappa shape index (κ1) is 16.1. The number of thioether (sulfide) groups is 1. The molecule has 20 heavy (non-hydrogen) atoms. The second-order valence-electron chi connectivity index (χ2n) is 3.93. The Bertz CT molecular complexity index is 494. The summed E-state index contributed by atoms with van der Waals surface area (Å²) >= 11 is 1.49. The highest BCUT2D eigenvalue weighted by Crippen LogP contribution is 2.11. The number of anilines is 1. The van der Waals surface area contributed by atoms with Crippen LogP contribution in [0.25, 0.3) is 0 Å². The number of hydrogen-bond donors (Lipinski definition) is 1. The van der Waals surface area contributed by atoms with E-state index < -0.39 is 5.97 Å². The molecule has 1 N–H and O–H groups in total. The zero-order valence-electron chi connectivity index (χ0n) is 11.2. The van der Waals surface area contributed by atoms with Gasteiger partial charge in [0.2, 0.25) is 5.91 Å². The third-order valence-corrected chi connectivity index (χ3v) is 3.44. The lowest BCUT2D eigenvalue weighted by atomic mass is 10.2. The van der Waals surface area contributed by atoms with E-state index in [1.165, 1.54) is 18.9 Å². The Morgan fingerprint density at radius 2 is 2.05 bits per heavy atom. The summed E-state index contributed by atoms with van der Waals surface area (Å²) in [6.07, 6.45) is 1.31.